The van der Waals surface area contributed by atoms with Crippen molar-refractivity contribution in [2.24, 2.45) is 0 Å². The normalized spacial score (nSPS) is 25.5. The van der Waals surface area contributed by atoms with Crippen LogP contribution in [0.1, 0.15) is 386 Å². The lowest BCUT2D eigenvalue weighted by Crippen LogP contribution is -2.66. The van der Waals surface area contributed by atoms with Crippen molar-refractivity contribution in [2.45, 2.75) is 491 Å². The lowest BCUT2D eigenvalue weighted by Gasteiger charge is -2.48. The SMILES string of the molecule is CCCCCCC/C=C\C/C=C\CCCCCCCCCCCCCCCCCCCCCCCC(=O)NC(COC1OC(CO)C(OC2OC(CO)C(OC3OC(CO)C(O)C(O)C3O)C(O)C2O)C(O)C1O)C(O)/C=C/CC/C=C/CCCCCCCCCCCCCCCCCCCCCCCCCCC. The maximum atomic E-state index is 13.5. The van der Waals surface area contributed by atoms with Crippen LogP contribution in [0.2, 0.25) is 0 Å². The summed E-state index contributed by atoms with van der Waals surface area (Å²) in [6.07, 6.45) is 64.1. The number of ether oxygens (including phenoxy) is 6. The molecule has 640 valence electrons. The maximum Gasteiger partial charge on any atom is 0.220 e. The third kappa shape index (κ3) is 48.8. The summed E-state index contributed by atoms with van der Waals surface area (Å²) in [7, 11) is 0. The predicted molar refractivity (Wildman–Crippen MR) is 439 cm³/mol. The van der Waals surface area contributed by atoms with Gasteiger partial charge >= 0.3 is 0 Å². The highest BCUT2D eigenvalue weighted by molar-refractivity contribution is 5.76. The van der Waals surface area contributed by atoms with Crippen LogP contribution in [0, 0.1) is 0 Å². The van der Waals surface area contributed by atoms with Gasteiger partial charge in [-0.1, -0.05) is 364 Å². The minimum absolute atomic E-state index is 0.238. The molecule has 0 radical (unpaired) electrons. The number of hydrogen-bond donors (Lipinski definition) is 12. The van der Waals surface area contributed by atoms with Crippen LogP contribution in [0.4, 0.5) is 0 Å². The van der Waals surface area contributed by atoms with Crippen molar-refractivity contribution in [1.29, 1.82) is 0 Å². The van der Waals surface area contributed by atoms with E-state index in [0.29, 0.717) is 12.8 Å². The molecule has 3 saturated heterocycles. The highest BCUT2D eigenvalue weighted by Crippen LogP contribution is 2.34. The quantitative estimate of drug-likeness (QED) is 0.0199. The molecule has 19 heteroatoms. The molecule has 3 heterocycles. The van der Waals surface area contributed by atoms with E-state index in [1.54, 1.807) is 6.08 Å². The molecule has 0 spiro atoms. The Morgan fingerprint density at radius 2 is 0.615 bits per heavy atom. The molecular weight excluding hydrogens is 1380 g/mol. The Morgan fingerprint density at radius 1 is 0.330 bits per heavy atom. The fourth-order valence-electron chi connectivity index (χ4n) is 15.4. The first-order chi connectivity index (χ1) is 53.3. The standard InChI is InChI=1S/C90H167NO18/c1-3-5-7-9-11-13-15-17-19-21-23-25-27-29-31-33-35-36-38-40-42-44-46-48-50-52-54-56-58-60-62-64-66-68-78(96)91-73(74(95)67-65-63-61-59-57-55-53-51-49-47-45-43-41-39-37-34-32-30-28-26-24-22-20-18-16-14-12-10-8-6-4-2)72-104-88-84(102)81(99)86(76(70-93)106-88)109-90-85(103)82(100)87(77(71-94)107-90)108-89-83(101)80(98)79(97)75(69-92)105-89/h15,17,21,23,57,59,65,67,73-77,79-90,92-95,97-103H,3-14,16,18-20,22,24-56,58,60-64,66,68-72H2,1-2H3,(H,91,96)/b17-15-,23-21-,59-57+,67-65+. The van der Waals surface area contributed by atoms with E-state index in [0.717, 1.165) is 44.9 Å². The van der Waals surface area contributed by atoms with E-state index in [4.69, 9.17) is 28.4 Å². The number of carbonyl (C=O) groups excluding carboxylic acids is 1. The van der Waals surface area contributed by atoms with E-state index in [1.807, 2.05) is 6.08 Å². The van der Waals surface area contributed by atoms with Crippen molar-refractivity contribution in [2.75, 3.05) is 26.4 Å². The van der Waals surface area contributed by atoms with Crippen molar-refractivity contribution >= 4 is 5.91 Å². The van der Waals surface area contributed by atoms with Gasteiger partial charge in [0.2, 0.25) is 5.91 Å². The molecule has 17 unspecified atom stereocenters. The third-order valence-corrected chi connectivity index (χ3v) is 22.6. The molecule has 3 aliphatic rings. The van der Waals surface area contributed by atoms with Crippen molar-refractivity contribution < 1.29 is 89.4 Å². The molecule has 19 nitrogen and oxygen atoms in total. The molecule has 1 amide bonds. The predicted octanol–water partition coefficient (Wildman–Crippen LogP) is 17.2. The van der Waals surface area contributed by atoms with Gasteiger partial charge in [0.05, 0.1) is 38.6 Å². The van der Waals surface area contributed by atoms with E-state index < -0.39 is 124 Å². The second kappa shape index (κ2) is 70.0. The first kappa shape index (κ1) is 101. The van der Waals surface area contributed by atoms with E-state index in [-0.39, 0.29) is 18.9 Å². The summed E-state index contributed by atoms with van der Waals surface area (Å²) in [6, 6.07) is -0.992. The van der Waals surface area contributed by atoms with Gasteiger partial charge in [-0.25, -0.2) is 0 Å². The van der Waals surface area contributed by atoms with Crippen molar-refractivity contribution in [3.63, 3.8) is 0 Å². The minimum atomic E-state index is -1.98. The highest BCUT2D eigenvalue weighted by Gasteiger charge is 2.54. The largest absolute Gasteiger partial charge is 0.394 e. The van der Waals surface area contributed by atoms with Gasteiger partial charge in [0.1, 0.15) is 73.2 Å². The fourth-order valence-corrected chi connectivity index (χ4v) is 15.4. The van der Waals surface area contributed by atoms with Gasteiger partial charge in [-0.05, 0) is 64.2 Å². The Hall–Kier alpha value is -2.25. The van der Waals surface area contributed by atoms with Crippen molar-refractivity contribution in [1.82, 2.24) is 5.32 Å². The van der Waals surface area contributed by atoms with Gasteiger partial charge in [-0.15, -0.1) is 0 Å². The van der Waals surface area contributed by atoms with Crippen molar-refractivity contribution in [3.05, 3.63) is 48.6 Å². The summed E-state index contributed by atoms with van der Waals surface area (Å²) in [4.78, 5) is 13.5. The van der Waals surface area contributed by atoms with Gasteiger partial charge < -0.3 is 89.9 Å². The molecule has 3 rings (SSSR count). The summed E-state index contributed by atoms with van der Waals surface area (Å²) in [5.41, 5.74) is 0. The fraction of sp³-hybridized carbons (Fsp3) is 0.900. The van der Waals surface area contributed by atoms with Crippen LogP contribution in [0.25, 0.3) is 0 Å². The zero-order chi connectivity index (χ0) is 78.8. The summed E-state index contributed by atoms with van der Waals surface area (Å²) < 4.78 is 34.5. The summed E-state index contributed by atoms with van der Waals surface area (Å²) in [6.45, 7) is 1.77. The molecular formula is C90H167NO18. The lowest BCUT2D eigenvalue weighted by atomic mass is 9.96. The highest BCUT2D eigenvalue weighted by atomic mass is 16.8. The van der Waals surface area contributed by atoms with Gasteiger partial charge in [0.25, 0.3) is 0 Å². The van der Waals surface area contributed by atoms with Gasteiger partial charge in [0.15, 0.2) is 18.9 Å². The molecule has 17 atom stereocenters. The number of hydrogen-bond acceptors (Lipinski definition) is 18. The maximum absolute atomic E-state index is 13.5. The number of allylic oxidation sites excluding steroid dienone is 7. The van der Waals surface area contributed by atoms with Crippen LogP contribution >= 0.6 is 0 Å². The summed E-state index contributed by atoms with van der Waals surface area (Å²) >= 11 is 0. The third-order valence-electron chi connectivity index (χ3n) is 22.6. The molecule has 0 bridgehead atoms. The van der Waals surface area contributed by atoms with Gasteiger partial charge in [0, 0.05) is 6.42 Å². The first-order valence-electron chi connectivity index (χ1n) is 45.4. The molecule has 0 saturated carbocycles. The zero-order valence-corrected chi connectivity index (χ0v) is 69.1. The number of aliphatic hydroxyl groups excluding tert-OH is 11. The van der Waals surface area contributed by atoms with Crippen LogP contribution < -0.4 is 5.32 Å². The second-order valence-electron chi connectivity index (χ2n) is 32.4. The van der Waals surface area contributed by atoms with E-state index in [1.165, 1.54) is 308 Å². The topological polar surface area (TPSA) is 307 Å². The van der Waals surface area contributed by atoms with E-state index in [9.17, 15) is 61.0 Å². The van der Waals surface area contributed by atoms with E-state index in [2.05, 4.69) is 55.6 Å². The average molecular weight is 1550 g/mol. The number of rotatable bonds is 74. The zero-order valence-electron chi connectivity index (χ0n) is 69.1. The smallest absolute Gasteiger partial charge is 0.220 e. The van der Waals surface area contributed by atoms with Gasteiger partial charge in [-0.3, -0.25) is 4.79 Å². The minimum Gasteiger partial charge on any atom is -0.394 e. The molecule has 0 aromatic heterocycles. The Bertz CT molecular complexity index is 2150. The molecule has 0 aliphatic carbocycles. The molecule has 3 fully saturated rings. The Morgan fingerprint density at radius 3 is 0.972 bits per heavy atom. The molecule has 12 N–H and O–H groups in total. The Kier molecular flexibility index (Phi) is 64.8. The van der Waals surface area contributed by atoms with Crippen LogP contribution in [-0.4, -0.2) is 193 Å². The monoisotopic (exact) mass is 1550 g/mol. The van der Waals surface area contributed by atoms with Crippen LogP contribution in [0.5, 0.6) is 0 Å². The number of aliphatic hydroxyl groups is 11. The van der Waals surface area contributed by atoms with Crippen LogP contribution in [-0.2, 0) is 33.2 Å². The van der Waals surface area contributed by atoms with Crippen LogP contribution in [0.15, 0.2) is 48.6 Å². The summed E-state index contributed by atoms with van der Waals surface area (Å²) in [5, 5.41) is 121. The summed E-state index contributed by atoms with van der Waals surface area (Å²) in [5.74, 6) is -0.278. The Balaban J connectivity index is 1.34. The molecule has 0 aromatic rings. The van der Waals surface area contributed by atoms with Crippen LogP contribution in [0.3, 0.4) is 0 Å². The van der Waals surface area contributed by atoms with E-state index >= 15 is 0 Å². The second-order valence-corrected chi connectivity index (χ2v) is 32.4. The average Bonchev–Trinajstić information content (AvgIpc) is 0.782. The molecule has 109 heavy (non-hydrogen) atoms. The number of amides is 1. The number of carbonyl (C=O) groups is 1. The molecule has 0 aromatic carbocycles. The van der Waals surface area contributed by atoms with Gasteiger partial charge in [-0.2, -0.15) is 0 Å². The first-order valence-corrected chi connectivity index (χ1v) is 45.4. The number of unbranched alkanes of at least 4 members (excludes halogenated alkanes) is 52. The lowest BCUT2D eigenvalue weighted by molar-refractivity contribution is -0.379. The molecule has 3 aliphatic heterocycles. The Labute approximate surface area is 663 Å². The van der Waals surface area contributed by atoms with Crippen molar-refractivity contribution in [3.8, 4) is 0 Å². The number of nitrogens with one attached hydrogen (secondary N) is 1.